The summed E-state index contributed by atoms with van der Waals surface area (Å²) in [4.78, 5) is 12.8. The fourth-order valence-corrected chi connectivity index (χ4v) is 1.99. The first-order valence-electron chi connectivity index (χ1n) is 5.99. The van der Waals surface area contributed by atoms with Crippen LogP contribution in [0, 0.1) is 5.82 Å². The summed E-state index contributed by atoms with van der Waals surface area (Å²) in [5.74, 6) is -0.0990. The van der Waals surface area contributed by atoms with Gasteiger partial charge in [0.1, 0.15) is 11.6 Å². The first-order valence-corrected chi connectivity index (χ1v) is 7.22. The molecule has 0 aromatic heterocycles. The number of thioether (sulfide) groups is 1. The lowest BCUT2D eigenvalue weighted by Crippen LogP contribution is -2.20. The third-order valence-corrected chi connectivity index (χ3v) is 3.28. The summed E-state index contributed by atoms with van der Waals surface area (Å²) in [6, 6.07) is 13.2. The van der Waals surface area contributed by atoms with E-state index in [1.807, 2.05) is 18.4 Å². The second-order valence-electron chi connectivity index (χ2n) is 4.02. The van der Waals surface area contributed by atoms with E-state index < -0.39 is 5.82 Å². The van der Waals surface area contributed by atoms with E-state index in [1.165, 1.54) is 18.2 Å². The van der Waals surface area contributed by atoms with Crippen molar-refractivity contribution in [2.24, 2.45) is 0 Å². The first-order chi connectivity index (χ1) is 9.67. The zero-order chi connectivity index (χ0) is 14.4. The lowest BCUT2D eigenvalue weighted by molar-refractivity contribution is -0.118. The smallest absolute Gasteiger partial charge is 0.262 e. The second kappa shape index (κ2) is 6.96. The second-order valence-corrected chi connectivity index (χ2v) is 4.90. The van der Waals surface area contributed by atoms with E-state index in [2.05, 4.69) is 5.32 Å². The zero-order valence-electron chi connectivity index (χ0n) is 10.9. The minimum atomic E-state index is -0.392. The summed E-state index contributed by atoms with van der Waals surface area (Å²) < 4.78 is 18.3. The molecule has 0 aliphatic heterocycles. The number of carbonyl (C=O) groups is 1. The number of nitrogens with one attached hydrogen (secondary N) is 1. The number of rotatable bonds is 5. The Morgan fingerprint density at radius 3 is 2.65 bits per heavy atom. The number of hydrogen-bond donors (Lipinski definition) is 1. The number of halogens is 1. The summed E-state index contributed by atoms with van der Waals surface area (Å²) in [7, 11) is 0. The molecule has 3 nitrogen and oxygen atoms in total. The van der Waals surface area contributed by atoms with Gasteiger partial charge in [-0.1, -0.05) is 6.07 Å². The molecule has 0 radical (unpaired) electrons. The van der Waals surface area contributed by atoms with Crippen molar-refractivity contribution in [2.45, 2.75) is 4.90 Å². The van der Waals surface area contributed by atoms with E-state index in [4.69, 9.17) is 4.74 Å². The molecule has 0 spiro atoms. The quantitative estimate of drug-likeness (QED) is 0.856. The normalized spacial score (nSPS) is 10.1. The van der Waals surface area contributed by atoms with Crippen LogP contribution >= 0.6 is 11.8 Å². The Morgan fingerprint density at radius 2 is 2.00 bits per heavy atom. The maximum atomic E-state index is 13.0. The number of anilines is 1. The molecule has 0 fully saturated rings. The molecule has 1 amide bonds. The van der Waals surface area contributed by atoms with Gasteiger partial charge in [-0.15, -0.1) is 11.8 Å². The predicted molar refractivity (Wildman–Crippen MR) is 78.7 cm³/mol. The van der Waals surface area contributed by atoms with Gasteiger partial charge in [-0.3, -0.25) is 4.79 Å². The number of amides is 1. The van der Waals surface area contributed by atoms with E-state index >= 15 is 0 Å². The van der Waals surface area contributed by atoms with Gasteiger partial charge in [-0.2, -0.15) is 0 Å². The van der Waals surface area contributed by atoms with Crippen molar-refractivity contribution in [3.05, 3.63) is 54.3 Å². The highest BCUT2D eigenvalue weighted by Crippen LogP contribution is 2.19. The molecule has 2 rings (SSSR count). The number of carbonyl (C=O) groups excluding carboxylic acids is 1. The highest BCUT2D eigenvalue weighted by atomic mass is 32.2. The molecule has 0 unspecified atom stereocenters. The van der Waals surface area contributed by atoms with Crippen LogP contribution in [0.25, 0.3) is 0 Å². The standard InChI is InChI=1S/C15H14FNO2S/c1-20-14-7-5-13(6-8-14)19-10-15(18)17-12-4-2-3-11(16)9-12/h2-9H,10H2,1H3,(H,17,18). The van der Waals surface area contributed by atoms with Crippen molar-refractivity contribution in [3.8, 4) is 5.75 Å². The lowest BCUT2D eigenvalue weighted by Gasteiger charge is -2.08. The molecule has 0 saturated carbocycles. The topological polar surface area (TPSA) is 38.3 Å². The Kier molecular flexibility index (Phi) is 5.01. The van der Waals surface area contributed by atoms with Crippen LogP contribution in [-0.4, -0.2) is 18.8 Å². The van der Waals surface area contributed by atoms with E-state index in [1.54, 1.807) is 30.0 Å². The van der Waals surface area contributed by atoms with Crippen LogP contribution in [-0.2, 0) is 4.79 Å². The molecule has 5 heteroatoms. The number of benzene rings is 2. The molecular formula is C15H14FNO2S. The maximum absolute atomic E-state index is 13.0. The van der Waals surface area contributed by atoms with Crippen molar-refractivity contribution >= 4 is 23.4 Å². The van der Waals surface area contributed by atoms with Gasteiger partial charge in [0, 0.05) is 10.6 Å². The summed E-state index contributed by atoms with van der Waals surface area (Å²) in [6.45, 7) is -0.116. The first kappa shape index (κ1) is 14.4. The molecular weight excluding hydrogens is 277 g/mol. The van der Waals surface area contributed by atoms with Crippen molar-refractivity contribution in [1.82, 2.24) is 0 Å². The Bertz CT molecular complexity index is 587. The molecule has 0 aliphatic rings. The predicted octanol–water partition coefficient (Wildman–Crippen LogP) is 3.57. The highest BCUT2D eigenvalue weighted by molar-refractivity contribution is 7.98. The minimum absolute atomic E-state index is 0.116. The number of hydrogen-bond acceptors (Lipinski definition) is 3. The molecule has 0 saturated heterocycles. The monoisotopic (exact) mass is 291 g/mol. The largest absolute Gasteiger partial charge is 0.484 e. The highest BCUT2D eigenvalue weighted by Gasteiger charge is 2.04. The third-order valence-electron chi connectivity index (χ3n) is 2.54. The summed E-state index contributed by atoms with van der Waals surface area (Å²) in [5, 5.41) is 2.57. The molecule has 20 heavy (non-hydrogen) atoms. The van der Waals surface area contributed by atoms with Crippen LogP contribution in [0.3, 0.4) is 0 Å². The molecule has 0 heterocycles. The summed E-state index contributed by atoms with van der Waals surface area (Å²) in [5.41, 5.74) is 0.413. The Labute approximate surface area is 121 Å². The van der Waals surface area contributed by atoms with Gasteiger partial charge in [0.15, 0.2) is 6.61 Å². The van der Waals surface area contributed by atoms with Gasteiger partial charge in [0.25, 0.3) is 5.91 Å². The van der Waals surface area contributed by atoms with Gasteiger partial charge in [-0.05, 0) is 48.7 Å². The molecule has 1 N–H and O–H groups in total. The average molecular weight is 291 g/mol. The van der Waals surface area contributed by atoms with Gasteiger partial charge >= 0.3 is 0 Å². The molecule has 0 atom stereocenters. The van der Waals surface area contributed by atoms with Crippen molar-refractivity contribution in [2.75, 3.05) is 18.2 Å². The average Bonchev–Trinajstić information content (AvgIpc) is 2.46. The van der Waals surface area contributed by atoms with Gasteiger partial charge in [0.2, 0.25) is 0 Å². The van der Waals surface area contributed by atoms with E-state index in [0.29, 0.717) is 11.4 Å². The van der Waals surface area contributed by atoms with Crippen LogP contribution in [0.4, 0.5) is 10.1 Å². The molecule has 2 aromatic carbocycles. The fourth-order valence-electron chi connectivity index (χ4n) is 1.58. The fraction of sp³-hybridized carbons (Fsp3) is 0.133. The Morgan fingerprint density at radius 1 is 1.25 bits per heavy atom. The lowest BCUT2D eigenvalue weighted by atomic mass is 10.3. The van der Waals surface area contributed by atoms with Crippen molar-refractivity contribution in [3.63, 3.8) is 0 Å². The van der Waals surface area contributed by atoms with Crippen molar-refractivity contribution in [1.29, 1.82) is 0 Å². The van der Waals surface area contributed by atoms with Gasteiger partial charge < -0.3 is 10.1 Å². The molecule has 2 aromatic rings. The van der Waals surface area contributed by atoms with Crippen LogP contribution in [0.5, 0.6) is 5.75 Å². The SMILES string of the molecule is CSc1ccc(OCC(=O)Nc2cccc(F)c2)cc1. The van der Waals surface area contributed by atoms with Crippen LogP contribution < -0.4 is 10.1 Å². The maximum Gasteiger partial charge on any atom is 0.262 e. The van der Waals surface area contributed by atoms with E-state index in [-0.39, 0.29) is 12.5 Å². The summed E-state index contributed by atoms with van der Waals surface area (Å²) in [6.07, 6.45) is 1.99. The molecule has 0 bridgehead atoms. The van der Waals surface area contributed by atoms with Crippen LogP contribution in [0.1, 0.15) is 0 Å². The van der Waals surface area contributed by atoms with Gasteiger partial charge in [0.05, 0.1) is 0 Å². The third kappa shape index (κ3) is 4.28. The van der Waals surface area contributed by atoms with Crippen molar-refractivity contribution < 1.29 is 13.9 Å². The summed E-state index contributed by atoms with van der Waals surface area (Å²) >= 11 is 1.63. The molecule has 0 aliphatic carbocycles. The Hall–Kier alpha value is -2.01. The van der Waals surface area contributed by atoms with Gasteiger partial charge in [-0.25, -0.2) is 4.39 Å². The van der Waals surface area contributed by atoms with Crippen LogP contribution in [0.15, 0.2) is 53.4 Å². The zero-order valence-corrected chi connectivity index (χ0v) is 11.7. The minimum Gasteiger partial charge on any atom is -0.484 e. The number of ether oxygens (including phenoxy) is 1. The van der Waals surface area contributed by atoms with E-state index in [9.17, 15) is 9.18 Å². The van der Waals surface area contributed by atoms with Crippen LogP contribution in [0.2, 0.25) is 0 Å². The Balaban J connectivity index is 1.85. The van der Waals surface area contributed by atoms with E-state index in [0.717, 1.165) is 4.90 Å². The molecule has 104 valence electrons.